The molecule has 1 fully saturated rings. The van der Waals surface area contributed by atoms with Crippen LogP contribution in [0.1, 0.15) is 47.0 Å². The molecule has 4 heterocycles. The third-order valence-electron chi connectivity index (χ3n) is 6.20. The molecule has 0 saturated carbocycles. The number of nitrogens with zero attached hydrogens (tertiary/aromatic N) is 2. The Morgan fingerprint density at radius 1 is 1.26 bits per heavy atom. The Kier molecular flexibility index (Phi) is 8.00. The van der Waals surface area contributed by atoms with Gasteiger partial charge in [-0.05, 0) is 49.9 Å². The predicted octanol–water partition coefficient (Wildman–Crippen LogP) is 4.06. The Labute approximate surface area is 212 Å². The van der Waals surface area contributed by atoms with Gasteiger partial charge in [0.2, 0.25) is 5.91 Å². The average molecular weight is 546 g/mol. The van der Waals surface area contributed by atoms with Crippen LogP contribution in [0.3, 0.4) is 0 Å². The highest BCUT2D eigenvalue weighted by molar-refractivity contribution is 7.91. The van der Waals surface area contributed by atoms with Crippen molar-refractivity contribution in [3.63, 3.8) is 0 Å². The topological polar surface area (TPSA) is 96.0 Å². The molecule has 2 aliphatic rings. The lowest BCUT2D eigenvalue weighted by atomic mass is 9.98. The van der Waals surface area contributed by atoms with E-state index in [1.807, 2.05) is 0 Å². The van der Waals surface area contributed by atoms with E-state index >= 15 is 0 Å². The first-order chi connectivity index (χ1) is 16.2. The largest absolute Gasteiger partial charge is 0.465 e. The predicted molar refractivity (Wildman–Crippen MR) is 134 cm³/mol. The molecule has 0 bridgehead atoms. The Morgan fingerprint density at radius 2 is 2.06 bits per heavy atom. The van der Waals surface area contributed by atoms with Crippen LogP contribution in [-0.4, -0.2) is 62.8 Å². The number of anilines is 1. The summed E-state index contributed by atoms with van der Waals surface area (Å²) in [6, 6.07) is 3.05. The number of methoxy groups -OCH3 is 1. The molecule has 1 saturated heterocycles. The number of hydrogen-bond donors (Lipinski definition) is 1. The van der Waals surface area contributed by atoms with Gasteiger partial charge in [0.15, 0.2) is 0 Å². The normalized spacial score (nSPS) is 19.6. The van der Waals surface area contributed by atoms with Gasteiger partial charge in [-0.1, -0.05) is 18.5 Å². The van der Waals surface area contributed by atoms with Crippen LogP contribution in [0.5, 0.6) is 0 Å². The molecule has 2 aromatic rings. The molecule has 0 aliphatic carbocycles. The van der Waals surface area contributed by atoms with Crippen LogP contribution in [0, 0.1) is 5.92 Å². The van der Waals surface area contributed by atoms with Crippen LogP contribution >= 0.6 is 34.3 Å². The molecule has 1 unspecified atom stereocenters. The van der Waals surface area contributed by atoms with E-state index in [1.165, 1.54) is 28.8 Å². The number of hydrogen-bond acceptors (Lipinski definition) is 8. The van der Waals surface area contributed by atoms with Crippen molar-refractivity contribution in [3.8, 4) is 0 Å². The minimum absolute atomic E-state index is 0.0899. The maximum absolute atomic E-state index is 13.2. The number of carbonyl (C=O) groups excluding carboxylic acids is 2. The van der Waals surface area contributed by atoms with Gasteiger partial charge in [0, 0.05) is 31.1 Å². The second-order valence-corrected chi connectivity index (χ2v) is 13.5. The first-order valence-corrected chi connectivity index (χ1v) is 14.7. The number of nitrogens with one attached hydrogen (secondary N) is 1. The molecule has 1 atom stereocenters. The van der Waals surface area contributed by atoms with Crippen LogP contribution in [0.4, 0.5) is 5.00 Å². The molecule has 4 rings (SSSR count). The van der Waals surface area contributed by atoms with E-state index in [9.17, 15) is 18.0 Å². The summed E-state index contributed by atoms with van der Waals surface area (Å²) in [5.41, 5.74) is 1.38. The first kappa shape index (κ1) is 25.6. The van der Waals surface area contributed by atoms with Crippen molar-refractivity contribution >= 4 is 61.2 Å². The van der Waals surface area contributed by atoms with Crippen molar-refractivity contribution in [1.29, 1.82) is 0 Å². The number of amides is 1. The molecule has 8 nitrogen and oxygen atoms in total. The monoisotopic (exact) mass is 545 g/mol. The quantitative estimate of drug-likeness (QED) is 0.527. The summed E-state index contributed by atoms with van der Waals surface area (Å²) in [6.45, 7) is 5.16. The second-order valence-electron chi connectivity index (χ2n) is 8.48. The van der Waals surface area contributed by atoms with Gasteiger partial charge in [-0.25, -0.2) is 13.2 Å². The zero-order valence-corrected chi connectivity index (χ0v) is 22.3. The first-order valence-electron chi connectivity index (χ1n) is 11.3. The number of sulfonamides is 1. The van der Waals surface area contributed by atoms with E-state index in [0.717, 1.165) is 54.3 Å². The third kappa shape index (κ3) is 5.19. The Balaban J connectivity index is 1.52. The highest BCUT2D eigenvalue weighted by atomic mass is 35.5. The molecule has 0 aromatic carbocycles. The number of rotatable bonds is 7. The smallest absolute Gasteiger partial charge is 0.341 e. The van der Waals surface area contributed by atoms with Gasteiger partial charge in [-0.2, -0.15) is 4.31 Å². The number of esters is 1. The highest BCUT2D eigenvalue weighted by Gasteiger charge is 2.35. The van der Waals surface area contributed by atoms with E-state index in [2.05, 4.69) is 17.1 Å². The summed E-state index contributed by atoms with van der Waals surface area (Å²) >= 11 is 8.35. The van der Waals surface area contributed by atoms with Crippen molar-refractivity contribution in [1.82, 2.24) is 9.21 Å². The molecule has 2 aromatic heterocycles. The fourth-order valence-electron chi connectivity index (χ4n) is 4.52. The molecule has 12 heteroatoms. The average Bonchev–Trinajstić information content (AvgIpc) is 3.42. The number of ether oxygens (including phenoxy) is 1. The number of halogens is 1. The number of piperidine rings is 1. The molecule has 0 spiro atoms. The summed E-state index contributed by atoms with van der Waals surface area (Å²) in [6.07, 6.45) is 2.93. The molecule has 1 N–H and O–H groups in total. The fourth-order valence-corrected chi connectivity index (χ4v) is 8.96. The van der Waals surface area contributed by atoms with Crippen molar-refractivity contribution < 1.29 is 22.7 Å². The lowest BCUT2D eigenvalue weighted by Crippen LogP contribution is -2.43. The fraction of sp³-hybridized carbons (Fsp3) is 0.545. The molecule has 1 amide bonds. The van der Waals surface area contributed by atoms with Gasteiger partial charge < -0.3 is 10.1 Å². The molecule has 0 radical (unpaired) electrons. The van der Waals surface area contributed by atoms with E-state index in [4.69, 9.17) is 16.3 Å². The van der Waals surface area contributed by atoms with Crippen LogP contribution < -0.4 is 5.32 Å². The molecular weight excluding hydrogens is 518 g/mol. The van der Waals surface area contributed by atoms with Crippen molar-refractivity contribution in [2.75, 3.05) is 38.6 Å². The Bertz CT molecular complexity index is 1180. The number of thiophene rings is 2. The van der Waals surface area contributed by atoms with Gasteiger partial charge in [0.1, 0.15) is 9.21 Å². The molecule has 186 valence electrons. The summed E-state index contributed by atoms with van der Waals surface area (Å²) in [5, 5.41) is 3.43. The van der Waals surface area contributed by atoms with E-state index in [1.54, 1.807) is 6.07 Å². The van der Waals surface area contributed by atoms with E-state index in [-0.39, 0.29) is 16.7 Å². The van der Waals surface area contributed by atoms with Gasteiger partial charge in [-0.3, -0.25) is 9.69 Å². The molecule has 34 heavy (non-hydrogen) atoms. The minimum Gasteiger partial charge on any atom is -0.465 e. The zero-order valence-electron chi connectivity index (χ0n) is 19.1. The second kappa shape index (κ2) is 10.6. The maximum atomic E-state index is 13.2. The summed E-state index contributed by atoms with van der Waals surface area (Å²) in [5.74, 6) is -1.25. The SMILES string of the molecule is CCCN1CCc2c(sc(NC(=O)C3CCCN(S(=O)(=O)c4ccc(Cl)s4)C3)c2C(=O)OC)C1. The van der Waals surface area contributed by atoms with Gasteiger partial charge in [0.25, 0.3) is 10.0 Å². The number of fused-ring (bicyclic) bond motifs is 1. The zero-order chi connectivity index (χ0) is 24.5. The summed E-state index contributed by atoms with van der Waals surface area (Å²) in [7, 11) is -2.37. The van der Waals surface area contributed by atoms with E-state index in [0.29, 0.717) is 34.3 Å². The number of carbonyl (C=O) groups is 2. The van der Waals surface area contributed by atoms with Crippen molar-refractivity contribution in [3.05, 3.63) is 32.5 Å². The van der Waals surface area contributed by atoms with Gasteiger partial charge >= 0.3 is 5.97 Å². The van der Waals surface area contributed by atoms with Gasteiger partial charge in [0.05, 0.1) is 22.9 Å². The summed E-state index contributed by atoms with van der Waals surface area (Å²) < 4.78 is 33.0. The Hall–Kier alpha value is -1.50. The van der Waals surface area contributed by atoms with Gasteiger partial charge in [-0.15, -0.1) is 22.7 Å². The maximum Gasteiger partial charge on any atom is 0.341 e. The standard InChI is InChI=1S/C22H28ClN3O5S3/c1-3-9-25-11-8-15-16(13-25)32-21(19(15)22(28)31-2)24-20(27)14-5-4-10-26(12-14)34(29,30)18-7-6-17(23)33-18/h6-7,14H,3-5,8-13H2,1-2H3,(H,24,27). The van der Waals surface area contributed by atoms with Crippen LogP contribution in [-0.2, 0) is 32.5 Å². The lowest BCUT2D eigenvalue weighted by Gasteiger charge is -2.30. The van der Waals surface area contributed by atoms with Crippen molar-refractivity contribution in [2.45, 2.75) is 43.4 Å². The summed E-state index contributed by atoms with van der Waals surface area (Å²) in [4.78, 5) is 29.2. The van der Waals surface area contributed by atoms with Crippen LogP contribution in [0.2, 0.25) is 4.34 Å². The lowest BCUT2D eigenvalue weighted by molar-refractivity contribution is -0.120. The molecule has 2 aliphatic heterocycles. The highest BCUT2D eigenvalue weighted by Crippen LogP contribution is 2.38. The van der Waals surface area contributed by atoms with Crippen LogP contribution in [0.15, 0.2) is 16.3 Å². The minimum atomic E-state index is -3.71. The van der Waals surface area contributed by atoms with Crippen LogP contribution in [0.25, 0.3) is 0 Å². The third-order valence-corrected chi connectivity index (χ3v) is 10.9. The van der Waals surface area contributed by atoms with Crippen molar-refractivity contribution in [2.24, 2.45) is 5.92 Å². The Morgan fingerprint density at radius 3 is 2.74 bits per heavy atom. The molecular formula is C22H28ClN3O5S3. The van der Waals surface area contributed by atoms with E-state index < -0.39 is 21.9 Å².